The van der Waals surface area contributed by atoms with Crippen molar-refractivity contribution in [1.82, 2.24) is 15.1 Å². The third-order valence-corrected chi connectivity index (χ3v) is 8.46. The van der Waals surface area contributed by atoms with E-state index in [1.807, 2.05) is 6.07 Å². The van der Waals surface area contributed by atoms with Gasteiger partial charge in [-0.1, -0.05) is 35.3 Å². The Balaban J connectivity index is 1.61. The number of hydrogen-bond donors (Lipinski definition) is 3. The van der Waals surface area contributed by atoms with Gasteiger partial charge in [0.2, 0.25) is 0 Å². The number of nitrogens with one attached hydrogen (secondary N) is 1. The molecule has 2 heterocycles. The van der Waals surface area contributed by atoms with Crippen molar-refractivity contribution >= 4 is 50.6 Å². The zero-order valence-corrected chi connectivity index (χ0v) is 20.0. The Morgan fingerprint density at radius 3 is 2.59 bits per heavy atom. The SMILES string of the molecule is O=C(NC1CCS(O)(O)C1)c1ccc2c(-c3cccc(Cl)c3Cl)nn(-c3ccc(F)cc3)c2c1. The van der Waals surface area contributed by atoms with Crippen LogP contribution in [0.2, 0.25) is 10.0 Å². The van der Waals surface area contributed by atoms with Gasteiger partial charge in [0, 0.05) is 28.3 Å². The van der Waals surface area contributed by atoms with E-state index in [-0.39, 0.29) is 29.3 Å². The molecule has 1 atom stereocenters. The van der Waals surface area contributed by atoms with E-state index >= 15 is 0 Å². The Hall–Kier alpha value is -2.62. The molecule has 1 saturated heterocycles. The van der Waals surface area contributed by atoms with Crippen LogP contribution in [0, 0.1) is 5.82 Å². The number of aromatic nitrogens is 2. The van der Waals surface area contributed by atoms with Crippen molar-refractivity contribution in [2.45, 2.75) is 12.5 Å². The van der Waals surface area contributed by atoms with E-state index < -0.39 is 10.6 Å². The molecule has 0 bridgehead atoms. The van der Waals surface area contributed by atoms with Gasteiger partial charge in [-0.15, -0.1) is 0 Å². The second-order valence-corrected chi connectivity index (χ2v) is 11.3. The first-order valence-electron chi connectivity index (χ1n) is 10.5. The van der Waals surface area contributed by atoms with E-state index in [9.17, 15) is 18.3 Å². The maximum Gasteiger partial charge on any atom is 0.251 e. The van der Waals surface area contributed by atoms with Crippen LogP contribution in [0.5, 0.6) is 0 Å². The summed E-state index contributed by atoms with van der Waals surface area (Å²) in [5, 5.41) is 9.11. The van der Waals surface area contributed by atoms with E-state index in [1.54, 1.807) is 47.1 Å². The fourth-order valence-electron chi connectivity index (χ4n) is 4.12. The minimum absolute atomic E-state index is 0.159. The largest absolute Gasteiger partial charge is 0.348 e. The summed E-state index contributed by atoms with van der Waals surface area (Å²) in [6.07, 6.45) is 0.515. The lowest BCUT2D eigenvalue weighted by atomic mass is 10.1. The van der Waals surface area contributed by atoms with Crippen LogP contribution < -0.4 is 5.32 Å². The minimum atomic E-state index is -2.62. The third kappa shape index (κ3) is 4.39. The Morgan fingerprint density at radius 1 is 1.12 bits per heavy atom. The summed E-state index contributed by atoms with van der Waals surface area (Å²) in [5.41, 5.74) is 2.83. The van der Waals surface area contributed by atoms with Crippen LogP contribution in [-0.2, 0) is 0 Å². The van der Waals surface area contributed by atoms with E-state index in [4.69, 9.17) is 28.3 Å². The number of halogens is 3. The number of nitrogens with zero attached hydrogens (tertiary/aromatic N) is 2. The van der Waals surface area contributed by atoms with Crippen molar-refractivity contribution in [2.24, 2.45) is 0 Å². The molecule has 5 rings (SSSR count). The number of hydrogen-bond acceptors (Lipinski definition) is 4. The molecule has 0 radical (unpaired) electrons. The predicted molar refractivity (Wildman–Crippen MR) is 135 cm³/mol. The second-order valence-electron chi connectivity index (χ2n) is 8.20. The zero-order chi connectivity index (χ0) is 24.0. The molecule has 1 aromatic heterocycles. The number of carbonyl (C=O) groups excluding carboxylic acids is 1. The fourth-order valence-corrected chi connectivity index (χ4v) is 6.24. The van der Waals surface area contributed by atoms with Gasteiger partial charge in [0.25, 0.3) is 5.91 Å². The van der Waals surface area contributed by atoms with Gasteiger partial charge >= 0.3 is 0 Å². The van der Waals surface area contributed by atoms with Gasteiger partial charge in [0.15, 0.2) is 0 Å². The highest BCUT2D eigenvalue weighted by Crippen LogP contribution is 2.45. The number of carbonyl (C=O) groups is 1. The molecule has 176 valence electrons. The van der Waals surface area contributed by atoms with Crippen LogP contribution in [0.1, 0.15) is 16.8 Å². The molecule has 3 aromatic carbocycles. The summed E-state index contributed by atoms with van der Waals surface area (Å²) >= 11 is 12.7. The highest BCUT2D eigenvalue weighted by Gasteiger charge is 2.29. The van der Waals surface area contributed by atoms with Crippen molar-refractivity contribution in [3.8, 4) is 16.9 Å². The molecule has 0 aliphatic carbocycles. The van der Waals surface area contributed by atoms with Crippen molar-refractivity contribution in [1.29, 1.82) is 0 Å². The van der Waals surface area contributed by atoms with E-state index in [0.717, 1.165) is 5.39 Å². The van der Waals surface area contributed by atoms with Gasteiger partial charge < -0.3 is 5.32 Å². The van der Waals surface area contributed by atoms with E-state index in [2.05, 4.69) is 5.32 Å². The van der Waals surface area contributed by atoms with Crippen molar-refractivity contribution in [3.63, 3.8) is 0 Å². The van der Waals surface area contributed by atoms with Crippen molar-refractivity contribution < 1.29 is 18.3 Å². The lowest BCUT2D eigenvalue weighted by Gasteiger charge is -2.26. The molecular formula is C24H20Cl2FN3O3S. The Morgan fingerprint density at radius 2 is 1.88 bits per heavy atom. The average molecular weight is 520 g/mol. The molecule has 6 nitrogen and oxygen atoms in total. The molecule has 1 aliphatic heterocycles. The quantitative estimate of drug-likeness (QED) is 0.291. The Bertz CT molecular complexity index is 1410. The molecule has 4 aromatic rings. The lowest BCUT2D eigenvalue weighted by molar-refractivity contribution is 0.0941. The van der Waals surface area contributed by atoms with Crippen LogP contribution in [0.15, 0.2) is 60.7 Å². The van der Waals surface area contributed by atoms with Gasteiger partial charge in [0.1, 0.15) is 11.5 Å². The first-order valence-corrected chi connectivity index (χ1v) is 13.1. The standard InChI is InChI=1S/C24H20Cl2FN3O3S/c25-20-3-1-2-19(22(20)26)23-18-9-4-14(24(31)28-16-10-11-34(32,33)13-16)12-21(18)30(29-23)17-7-5-15(27)6-8-17/h1-9,12,16,32-33H,10-11,13H2,(H,28,31). The normalized spacial score (nSPS) is 18.2. The summed E-state index contributed by atoms with van der Waals surface area (Å²) in [4.78, 5) is 12.9. The van der Waals surface area contributed by atoms with Crippen LogP contribution in [-0.4, -0.2) is 42.3 Å². The number of rotatable bonds is 4. The van der Waals surface area contributed by atoms with Crippen molar-refractivity contribution in [2.75, 3.05) is 11.5 Å². The van der Waals surface area contributed by atoms with Gasteiger partial charge in [-0.05, 0) is 55.0 Å². The van der Waals surface area contributed by atoms with E-state index in [1.165, 1.54) is 12.1 Å². The van der Waals surface area contributed by atoms with Gasteiger partial charge in [-0.3, -0.25) is 13.9 Å². The summed E-state index contributed by atoms with van der Waals surface area (Å²) in [5.74, 6) is -0.247. The first kappa shape index (κ1) is 23.1. The Kier molecular flexibility index (Phi) is 6.03. The van der Waals surface area contributed by atoms with E-state index in [0.29, 0.717) is 44.5 Å². The van der Waals surface area contributed by atoms with Gasteiger partial charge in [-0.25, -0.2) is 9.07 Å². The lowest BCUT2D eigenvalue weighted by Crippen LogP contribution is -2.35. The average Bonchev–Trinajstić information content (AvgIpc) is 3.35. The number of amides is 1. The van der Waals surface area contributed by atoms with Crippen LogP contribution in [0.25, 0.3) is 27.8 Å². The topological polar surface area (TPSA) is 87.4 Å². The summed E-state index contributed by atoms with van der Waals surface area (Å²) in [7, 11) is -2.62. The first-order chi connectivity index (χ1) is 16.2. The second kappa shape index (κ2) is 8.87. The molecule has 34 heavy (non-hydrogen) atoms. The molecule has 1 unspecified atom stereocenters. The fraction of sp³-hybridized carbons (Fsp3) is 0.167. The monoisotopic (exact) mass is 519 g/mol. The summed E-state index contributed by atoms with van der Waals surface area (Å²) in [6.45, 7) is 0. The number of benzene rings is 3. The van der Waals surface area contributed by atoms with Crippen LogP contribution in [0.4, 0.5) is 4.39 Å². The smallest absolute Gasteiger partial charge is 0.251 e. The molecule has 1 amide bonds. The van der Waals surface area contributed by atoms with Crippen LogP contribution >= 0.6 is 33.8 Å². The zero-order valence-electron chi connectivity index (χ0n) is 17.7. The number of fused-ring (bicyclic) bond motifs is 1. The molecule has 0 spiro atoms. The highest BCUT2D eigenvalue weighted by atomic mass is 35.5. The molecule has 1 aliphatic rings. The maximum absolute atomic E-state index is 13.6. The van der Waals surface area contributed by atoms with Crippen LogP contribution in [0.3, 0.4) is 0 Å². The predicted octanol–water partition coefficient (Wildman–Crippen LogP) is 6.39. The van der Waals surface area contributed by atoms with Gasteiger partial charge in [0.05, 0.1) is 27.0 Å². The molecule has 0 saturated carbocycles. The molecular weight excluding hydrogens is 500 g/mol. The summed E-state index contributed by atoms with van der Waals surface area (Å²) < 4.78 is 34.9. The minimum Gasteiger partial charge on any atom is -0.348 e. The maximum atomic E-state index is 13.6. The summed E-state index contributed by atoms with van der Waals surface area (Å²) in [6, 6.07) is 16.0. The molecule has 10 heteroatoms. The third-order valence-electron chi connectivity index (χ3n) is 5.82. The van der Waals surface area contributed by atoms with Crippen molar-refractivity contribution in [3.05, 3.63) is 82.1 Å². The Labute approximate surface area is 206 Å². The van der Waals surface area contributed by atoms with Gasteiger partial charge in [-0.2, -0.15) is 15.7 Å². The molecule has 1 fully saturated rings. The highest BCUT2D eigenvalue weighted by molar-refractivity contribution is 8.24. The molecule has 3 N–H and O–H groups in total.